The fourth-order valence-electron chi connectivity index (χ4n) is 2.41. The second-order valence-electron chi connectivity index (χ2n) is 4.41. The minimum absolute atomic E-state index is 0.00713. The topological polar surface area (TPSA) is 12.5 Å². The summed E-state index contributed by atoms with van der Waals surface area (Å²) in [6.45, 7) is 2.12. The third-order valence-corrected chi connectivity index (χ3v) is 3.23. The molecule has 2 aromatic carbocycles. The molecule has 84 valence electrons. The van der Waals surface area contributed by atoms with E-state index in [0.717, 1.165) is 5.75 Å². The molecular formula is C14H14BNO. The monoisotopic (exact) mass is 223 g/mol. The highest BCUT2D eigenvalue weighted by molar-refractivity contribution is 6.73. The van der Waals surface area contributed by atoms with Gasteiger partial charge in [0.1, 0.15) is 5.75 Å². The minimum Gasteiger partial charge on any atom is -0.536 e. The van der Waals surface area contributed by atoms with Gasteiger partial charge in [0.15, 0.2) is 0 Å². The summed E-state index contributed by atoms with van der Waals surface area (Å²) in [5, 5.41) is 0. The van der Waals surface area contributed by atoms with Gasteiger partial charge in [0.05, 0.1) is 5.69 Å². The Kier molecular flexibility index (Phi) is 2.32. The molecule has 0 saturated heterocycles. The Hall–Kier alpha value is -1.90. The van der Waals surface area contributed by atoms with E-state index < -0.39 is 0 Å². The second-order valence-corrected chi connectivity index (χ2v) is 4.41. The molecule has 17 heavy (non-hydrogen) atoms. The van der Waals surface area contributed by atoms with Crippen LogP contribution in [-0.2, 0) is 0 Å². The van der Waals surface area contributed by atoms with Gasteiger partial charge < -0.3 is 9.47 Å². The zero-order valence-electron chi connectivity index (χ0n) is 10.1. The van der Waals surface area contributed by atoms with E-state index in [1.807, 2.05) is 30.3 Å². The second kappa shape index (κ2) is 3.84. The first-order valence-electron chi connectivity index (χ1n) is 5.81. The molecule has 1 heterocycles. The van der Waals surface area contributed by atoms with Gasteiger partial charge >= 0.3 is 7.05 Å². The molecule has 0 spiro atoms. The fraction of sp³-hybridized carbons (Fsp3) is 0.143. The summed E-state index contributed by atoms with van der Waals surface area (Å²) in [4.78, 5) is 2.19. The van der Waals surface area contributed by atoms with E-state index in [1.54, 1.807) is 0 Å². The van der Waals surface area contributed by atoms with Crippen molar-refractivity contribution in [2.75, 3.05) is 11.9 Å². The Labute approximate surface area is 102 Å². The third-order valence-electron chi connectivity index (χ3n) is 3.23. The summed E-state index contributed by atoms with van der Waals surface area (Å²) in [5.41, 5.74) is 3.63. The summed E-state index contributed by atoms with van der Waals surface area (Å²) >= 11 is 0. The number of hydrogen-bond donors (Lipinski definition) is 0. The molecule has 3 rings (SSSR count). The van der Waals surface area contributed by atoms with Crippen molar-refractivity contribution in [1.29, 1.82) is 0 Å². The van der Waals surface area contributed by atoms with E-state index in [4.69, 9.17) is 4.65 Å². The number of rotatable bonds is 1. The molecule has 2 nitrogen and oxygen atoms in total. The zero-order valence-corrected chi connectivity index (χ0v) is 10.1. The maximum Gasteiger partial charge on any atom is 0.519 e. The van der Waals surface area contributed by atoms with Crippen LogP contribution in [0.1, 0.15) is 5.56 Å². The lowest BCUT2D eigenvalue weighted by Crippen LogP contribution is -2.47. The lowest BCUT2D eigenvalue weighted by Gasteiger charge is -2.17. The summed E-state index contributed by atoms with van der Waals surface area (Å²) in [5.74, 6) is 0.973. The molecule has 1 aliphatic rings. The first-order valence-corrected chi connectivity index (χ1v) is 5.81. The number of aryl methyl sites for hydroxylation is 1. The van der Waals surface area contributed by atoms with Crippen LogP contribution in [0, 0.1) is 6.92 Å². The average Bonchev–Trinajstić information content (AvgIpc) is 2.69. The van der Waals surface area contributed by atoms with Gasteiger partial charge in [-0.2, -0.15) is 0 Å². The van der Waals surface area contributed by atoms with Crippen LogP contribution in [0.15, 0.2) is 48.5 Å². The number of benzene rings is 2. The van der Waals surface area contributed by atoms with Gasteiger partial charge in [-0.15, -0.1) is 0 Å². The average molecular weight is 223 g/mol. The Balaban J connectivity index is 2.02. The van der Waals surface area contributed by atoms with E-state index in [0.29, 0.717) is 0 Å². The minimum atomic E-state index is -0.00713. The molecular weight excluding hydrogens is 209 g/mol. The van der Waals surface area contributed by atoms with Gasteiger partial charge in [0.25, 0.3) is 0 Å². The molecule has 0 aliphatic carbocycles. The molecule has 3 heteroatoms. The summed E-state index contributed by atoms with van der Waals surface area (Å²) < 4.78 is 6.01. The number of nitrogens with zero attached hydrogens (tertiary/aromatic N) is 1. The van der Waals surface area contributed by atoms with Crippen molar-refractivity contribution < 1.29 is 4.65 Å². The quantitative estimate of drug-likeness (QED) is 0.687. The third kappa shape index (κ3) is 1.59. The van der Waals surface area contributed by atoms with E-state index in [2.05, 4.69) is 37.0 Å². The van der Waals surface area contributed by atoms with Crippen LogP contribution in [0.2, 0.25) is 0 Å². The lowest BCUT2D eigenvalue weighted by molar-refractivity contribution is 0.602. The Morgan fingerprint density at radius 1 is 1.00 bits per heavy atom. The lowest BCUT2D eigenvalue weighted by atomic mass is 9.72. The largest absolute Gasteiger partial charge is 0.536 e. The van der Waals surface area contributed by atoms with E-state index >= 15 is 0 Å². The van der Waals surface area contributed by atoms with E-state index in [-0.39, 0.29) is 7.05 Å². The highest BCUT2D eigenvalue weighted by Crippen LogP contribution is 2.36. The molecule has 0 bridgehead atoms. The zero-order chi connectivity index (χ0) is 11.8. The molecule has 0 amide bonds. The van der Waals surface area contributed by atoms with Gasteiger partial charge in [0, 0.05) is 0 Å². The Morgan fingerprint density at radius 2 is 1.76 bits per heavy atom. The Bertz CT molecular complexity index is 541. The van der Waals surface area contributed by atoms with Crippen LogP contribution < -0.4 is 14.9 Å². The van der Waals surface area contributed by atoms with Gasteiger partial charge in [0.2, 0.25) is 0 Å². The predicted molar refractivity (Wildman–Crippen MR) is 72.0 cm³/mol. The summed E-state index contributed by atoms with van der Waals surface area (Å²) in [6, 6.07) is 16.5. The SMILES string of the molecule is Cc1cccc2c1N(C)B(c1ccccc1)O2. The smallest absolute Gasteiger partial charge is 0.519 e. The number of para-hydroxylation sites is 1. The molecule has 0 unspecified atom stereocenters. The molecule has 0 fully saturated rings. The highest BCUT2D eigenvalue weighted by Gasteiger charge is 2.36. The molecule has 2 aromatic rings. The summed E-state index contributed by atoms with van der Waals surface area (Å²) in [6.07, 6.45) is 0. The van der Waals surface area contributed by atoms with Crippen LogP contribution in [-0.4, -0.2) is 14.1 Å². The van der Waals surface area contributed by atoms with Crippen LogP contribution in [0.4, 0.5) is 5.69 Å². The van der Waals surface area contributed by atoms with Gasteiger partial charge in [-0.1, -0.05) is 42.5 Å². The van der Waals surface area contributed by atoms with Crippen molar-refractivity contribution >= 4 is 18.2 Å². The maximum absolute atomic E-state index is 6.01. The van der Waals surface area contributed by atoms with E-state index in [1.165, 1.54) is 16.7 Å². The molecule has 1 aliphatic heterocycles. The van der Waals surface area contributed by atoms with Crippen LogP contribution in [0.3, 0.4) is 0 Å². The van der Waals surface area contributed by atoms with Gasteiger partial charge in [-0.25, -0.2) is 0 Å². The van der Waals surface area contributed by atoms with E-state index in [9.17, 15) is 0 Å². The number of anilines is 1. The predicted octanol–water partition coefficient (Wildman–Crippen LogP) is 2.22. The number of fused-ring (bicyclic) bond motifs is 1. The normalized spacial score (nSPS) is 13.5. The molecule has 0 saturated carbocycles. The van der Waals surface area contributed by atoms with Crippen molar-refractivity contribution in [1.82, 2.24) is 0 Å². The van der Waals surface area contributed by atoms with Crippen molar-refractivity contribution in [3.63, 3.8) is 0 Å². The first-order chi connectivity index (χ1) is 8.27. The van der Waals surface area contributed by atoms with Gasteiger partial charge in [-0.05, 0) is 31.1 Å². The molecule has 0 radical (unpaired) electrons. The molecule has 0 aromatic heterocycles. The first kappa shape index (κ1) is 10.3. The summed E-state index contributed by atoms with van der Waals surface area (Å²) in [7, 11) is 2.07. The van der Waals surface area contributed by atoms with Crippen molar-refractivity contribution in [3.05, 3.63) is 54.1 Å². The fourth-order valence-corrected chi connectivity index (χ4v) is 2.41. The number of hydrogen-bond acceptors (Lipinski definition) is 2. The highest BCUT2D eigenvalue weighted by atomic mass is 16.5. The van der Waals surface area contributed by atoms with Crippen molar-refractivity contribution in [3.8, 4) is 5.75 Å². The van der Waals surface area contributed by atoms with Crippen molar-refractivity contribution in [2.45, 2.75) is 6.92 Å². The Morgan fingerprint density at radius 3 is 2.47 bits per heavy atom. The maximum atomic E-state index is 6.01. The standard InChI is InChI=1S/C14H14BNO/c1-11-7-6-10-13-14(11)16(2)15(17-13)12-8-4-3-5-9-12/h3-10H,1-2H3. The molecule has 0 atom stereocenters. The van der Waals surface area contributed by atoms with Crippen molar-refractivity contribution in [2.24, 2.45) is 0 Å². The van der Waals surface area contributed by atoms with Crippen LogP contribution >= 0.6 is 0 Å². The van der Waals surface area contributed by atoms with Crippen LogP contribution in [0.5, 0.6) is 5.75 Å². The van der Waals surface area contributed by atoms with Crippen LogP contribution in [0.25, 0.3) is 0 Å². The molecule has 0 N–H and O–H groups in total. The van der Waals surface area contributed by atoms with Gasteiger partial charge in [-0.3, -0.25) is 0 Å².